The molecule has 0 rings (SSSR count). The molecule has 0 aromatic rings. The van der Waals surface area contributed by atoms with Gasteiger partial charge in [0.1, 0.15) is 0 Å². The van der Waals surface area contributed by atoms with Gasteiger partial charge in [-0.25, -0.2) is 4.79 Å². The predicted octanol–water partition coefficient (Wildman–Crippen LogP) is 2.06. The number of aliphatic hydroxyl groups is 1. The van der Waals surface area contributed by atoms with E-state index in [2.05, 4.69) is 13.8 Å². The van der Waals surface area contributed by atoms with E-state index in [-0.39, 0.29) is 6.61 Å². The molecular weight excluding hydrogens is 304 g/mol. The predicted molar refractivity (Wildman–Crippen MR) is 82.9 cm³/mol. The highest BCUT2D eigenvalue weighted by atomic mass is 16.5. The van der Waals surface area contributed by atoms with E-state index in [1.165, 1.54) is 0 Å². The Morgan fingerprint density at radius 2 is 1.61 bits per heavy atom. The number of carboxylic acid groups (broad SMARTS) is 2. The van der Waals surface area contributed by atoms with Crippen LogP contribution in [0.15, 0.2) is 0 Å². The monoisotopic (exact) mass is 332 g/mol. The van der Waals surface area contributed by atoms with Gasteiger partial charge in [0, 0.05) is 0 Å². The second kappa shape index (κ2) is 10.2. The molecule has 23 heavy (non-hydrogen) atoms. The first-order valence-electron chi connectivity index (χ1n) is 7.90. The zero-order chi connectivity index (χ0) is 18.0. The molecule has 0 aliphatic heterocycles. The molecule has 2 unspecified atom stereocenters. The number of carboxylic acids is 2. The van der Waals surface area contributed by atoms with Crippen molar-refractivity contribution in [3.8, 4) is 0 Å². The number of aliphatic carboxylic acids is 2. The van der Waals surface area contributed by atoms with E-state index in [0.717, 1.165) is 19.3 Å². The molecule has 0 saturated heterocycles. The van der Waals surface area contributed by atoms with Crippen molar-refractivity contribution in [2.24, 2.45) is 11.8 Å². The first-order chi connectivity index (χ1) is 10.6. The van der Waals surface area contributed by atoms with Crippen molar-refractivity contribution >= 4 is 17.9 Å². The summed E-state index contributed by atoms with van der Waals surface area (Å²) >= 11 is 0. The number of esters is 1. The van der Waals surface area contributed by atoms with Gasteiger partial charge in [0.25, 0.3) is 0 Å². The molecule has 7 heteroatoms. The molecule has 7 nitrogen and oxygen atoms in total. The van der Waals surface area contributed by atoms with Crippen molar-refractivity contribution in [1.82, 2.24) is 0 Å². The zero-order valence-corrected chi connectivity index (χ0v) is 14.1. The second-order valence-electron chi connectivity index (χ2n) is 6.52. The fourth-order valence-corrected chi connectivity index (χ4v) is 2.15. The summed E-state index contributed by atoms with van der Waals surface area (Å²) in [7, 11) is 0. The van der Waals surface area contributed by atoms with E-state index in [1.54, 1.807) is 0 Å². The highest BCUT2D eigenvalue weighted by Crippen LogP contribution is 2.18. The SMILES string of the molecule is CC(C)CCCC(C)CCOC(=O)CC(O)(CC(=O)O)C(=O)O. The minimum Gasteiger partial charge on any atom is -0.481 e. The minimum absolute atomic E-state index is 0.129. The zero-order valence-electron chi connectivity index (χ0n) is 14.1. The molecule has 0 bridgehead atoms. The number of hydrogen-bond donors (Lipinski definition) is 3. The van der Waals surface area contributed by atoms with E-state index in [9.17, 15) is 19.5 Å². The van der Waals surface area contributed by atoms with Gasteiger partial charge >= 0.3 is 17.9 Å². The minimum atomic E-state index is -2.63. The summed E-state index contributed by atoms with van der Waals surface area (Å²) in [6.45, 7) is 6.50. The average molecular weight is 332 g/mol. The molecule has 0 amide bonds. The van der Waals surface area contributed by atoms with Crippen LogP contribution in [-0.4, -0.2) is 45.4 Å². The smallest absolute Gasteiger partial charge is 0.336 e. The van der Waals surface area contributed by atoms with Crippen LogP contribution in [0, 0.1) is 11.8 Å². The van der Waals surface area contributed by atoms with Gasteiger partial charge in [0.15, 0.2) is 5.60 Å². The Bertz CT molecular complexity index is 405. The van der Waals surface area contributed by atoms with E-state index >= 15 is 0 Å². The third-order valence-electron chi connectivity index (χ3n) is 3.63. The molecule has 0 aliphatic rings. The number of carbonyl (C=O) groups is 3. The van der Waals surface area contributed by atoms with Crippen molar-refractivity contribution in [2.75, 3.05) is 6.61 Å². The molecule has 2 atom stereocenters. The van der Waals surface area contributed by atoms with E-state index < -0.39 is 36.4 Å². The van der Waals surface area contributed by atoms with Gasteiger partial charge in [-0.05, 0) is 18.3 Å². The molecule has 0 aromatic carbocycles. The van der Waals surface area contributed by atoms with Gasteiger partial charge in [0.05, 0.1) is 19.4 Å². The van der Waals surface area contributed by atoms with Crippen LogP contribution >= 0.6 is 0 Å². The Morgan fingerprint density at radius 1 is 1.00 bits per heavy atom. The Labute approximate surface area is 136 Å². The van der Waals surface area contributed by atoms with Crippen LogP contribution < -0.4 is 0 Å². The van der Waals surface area contributed by atoms with Crippen LogP contribution in [-0.2, 0) is 19.1 Å². The number of carbonyl (C=O) groups excluding carboxylic acids is 1. The maximum absolute atomic E-state index is 11.6. The highest BCUT2D eigenvalue weighted by molar-refractivity contribution is 5.88. The van der Waals surface area contributed by atoms with Crippen LogP contribution in [0.25, 0.3) is 0 Å². The van der Waals surface area contributed by atoms with Crippen molar-refractivity contribution in [1.29, 1.82) is 0 Å². The lowest BCUT2D eigenvalue weighted by Gasteiger charge is -2.20. The fraction of sp³-hybridized carbons (Fsp3) is 0.812. The van der Waals surface area contributed by atoms with Gasteiger partial charge in [0.2, 0.25) is 0 Å². The molecule has 0 saturated carbocycles. The summed E-state index contributed by atoms with van der Waals surface area (Å²) < 4.78 is 4.91. The molecule has 0 aliphatic carbocycles. The lowest BCUT2D eigenvalue weighted by Crippen LogP contribution is -2.43. The van der Waals surface area contributed by atoms with Gasteiger partial charge in [-0.1, -0.05) is 40.0 Å². The summed E-state index contributed by atoms with van der Waals surface area (Å²) in [5.74, 6) is -3.13. The standard InChI is InChI=1S/C16H28O7/c1-11(2)5-4-6-12(3)7-8-23-14(19)10-16(22,15(20)21)9-13(17)18/h11-12,22H,4-10H2,1-3H3,(H,17,18)(H,20,21). The summed E-state index contributed by atoms with van der Waals surface area (Å²) in [5.41, 5.74) is -2.63. The lowest BCUT2D eigenvalue weighted by molar-refractivity contribution is -0.172. The lowest BCUT2D eigenvalue weighted by atomic mass is 9.96. The summed E-state index contributed by atoms with van der Waals surface area (Å²) in [6, 6.07) is 0. The van der Waals surface area contributed by atoms with Crippen LogP contribution in [0.5, 0.6) is 0 Å². The largest absolute Gasteiger partial charge is 0.481 e. The molecule has 134 valence electrons. The van der Waals surface area contributed by atoms with E-state index in [1.807, 2.05) is 6.92 Å². The molecular formula is C16H28O7. The first-order valence-corrected chi connectivity index (χ1v) is 7.90. The summed E-state index contributed by atoms with van der Waals surface area (Å²) in [5, 5.41) is 27.2. The van der Waals surface area contributed by atoms with Gasteiger partial charge < -0.3 is 20.1 Å². The van der Waals surface area contributed by atoms with Crippen molar-refractivity contribution in [2.45, 2.75) is 64.9 Å². The maximum Gasteiger partial charge on any atom is 0.336 e. The molecule has 0 heterocycles. The van der Waals surface area contributed by atoms with Crippen LogP contribution in [0.2, 0.25) is 0 Å². The van der Waals surface area contributed by atoms with Crippen LogP contribution in [0.4, 0.5) is 0 Å². The molecule has 0 fully saturated rings. The third-order valence-corrected chi connectivity index (χ3v) is 3.63. The van der Waals surface area contributed by atoms with E-state index in [0.29, 0.717) is 18.3 Å². The Balaban J connectivity index is 4.14. The van der Waals surface area contributed by atoms with Gasteiger partial charge in [-0.2, -0.15) is 0 Å². The summed E-state index contributed by atoms with van der Waals surface area (Å²) in [4.78, 5) is 33.1. The maximum atomic E-state index is 11.6. The van der Waals surface area contributed by atoms with Crippen LogP contribution in [0.3, 0.4) is 0 Å². The van der Waals surface area contributed by atoms with Crippen molar-refractivity contribution < 1.29 is 34.4 Å². The van der Waals surface area contributed by atoms with Crippen molar-refractivity contribution in [3.05, 3.63) is 0 Å². The molecule has 0 aromatic heterocycles. The summed E-state index contributed by atoms with van der Waals surface area (Å²) in [6.07, 6.45) is 1.98. The van der Waals surface area contributed by atoms with Gasteiger partial charge in [-0.15, -0.1) is 0 Å². The fourth-order valence-electron chi connectivity index (χ4n) is 2.15. The average Bonchev–Trinajstić information content (AvgIpc) is 2.36. The Morgan fingerprint density at radius 3 is 2.09 bits per heavy atom. The number of ether oxygens (including phenoxy) is 1. The second-order valence-corrected chi connectivity index (χ2v) is 6.52. The molecule has 0 spiro atoms. The van der Waals surface area contributed by atoms with Gasteiger partial charge in [-0.3, -0.25) is 9.59 Å². The number of hydrogen-bond acceptors (Lipinski definition) is 5. The third kappa shape index (κ3) is 9.89. The molecule has 3 N–H and O–H groups in total. The Hall–Kier alpha value is -1.63. The topological polar surface area (TPSA) is 121 Å². The Kier molecular flexibility index (Phi) is 9.48. The first kappa shape index (κ1) is 21.4. The number of rotatable bonds is 12. The van der Waals surface area contributed by atoms with Crippen LogP contribution in [0.1, 0.15) is 59.3 Å². The van der Waals surface area contributed by atoms with Crippen molar-refractivity contribution in [3.63, 3.8) is 0 Å². The van der Waals surface area contributed by atoms with E-state index in [4.69, 9.17) is 14.9 Å². The highest BCUT2D eigenvalue weighted by Gasteiger charge is 2.41. The normalized spacial score (nSPS) is 15.0. The molecule has 0 radical (unpaired) electrons. The quantitative estimate of drug-likeness (QED) is 0.468.